The van der Waals surface area contributed by atoms with Gasteiger partial charge >= 0.3 is 0 Å². The zero-order chi connectivity index (χ0) is 20.8. The molecule has 0 radical (unpaired) electrons. The summed E-state index contributed by atoms with van der Waals surface area (Å²) >= 11 is 0. The van der Waals surface area contributed by atoms with E-state index in [1.807, 2.05) is 0 Å². The molecule has 0 fully saturated rings. The number of aromatic nitrogens is 2. The van der Waals surface area contributed by atoms with Crippen LogP contribution < -0.4 is 4.57 Å². The van der Waals surface area contributed by atoms with Crippen LogP contribution in [0.5, 0.6) is 0 Å². The number of hydrogen-bond donors (Lipinski definition) is 0. The van der Waals surface area contributed by atoms with E-state index in [4.69, 9.17) is 0 Å². The maximum atomic E-state index is 2.67. The maximum Gasteiger partial charge on any atom is 0.295 e. The van der Waals surface area contributed by atoms with Crippen molar-refractivity contribution < 1.29 is 4.57 Å². The molecule has 0 bridgehead atoms. The summed E-state index contributed by atoms with van der Waals surface area (Å²) in [4.78, 5) is 0. The molecule has 5 rings (SSSR count). The quantitative estimate of drug-likeness (QED) is 0.342. The first-order valence-corrected chi connectivity index (χ1v) is 11.1. The van der Waals surface area contributed by atoms with E-state index in [2.05, 4.69) is 106 Å². The summed E-state index contributed by atoms with van der Waals surface area (Å²) in [6.07, 6.45) is 4.50. The summed E-state index contributed by atoms with van der Waals surface area (Å²) in [5.74, 6) is 0. The fraction of sp³-hybridized carbons (Fsp3) is 0.444. The van der Waals surface area contributed by atoms with Gasteiger partial charge in [0.2, 0.25) is 0 Å². The van der Waals surface area contributed by atoms with Gasteiger partial charge in [0.15, 0.2) is 11.0 Å². The normalized spacial score (nSPS) is 24.2. The van der Waals surface area contributed by atoms with Gasteiger partial charge in [-0.15, -0.1) is 0 Å². The molecule has 1 aliphatic heterocycles. The van der Waals surface area contributed by atoms with E-state index in [0.717, 1.165) is 12.8 Å². The molecule has 3 heterocycles. The van der Waals surface area contributed by atoms with E-state index in [-0.39, 0.29) is 16.4 Å². The molecule has 2 unspecified atom stereocenters. The van der Waals surface area contributed by atoms with Crippen molar-refractivity contribution in [3.05, 3.63) is 59.8 Å². The topological polar surface area (TPSA) is 8.29 Å². The highest BCUT2D eigenvalue weighted by Crippen LogP contribution is 2.49. The first-order chi connectivity index (χ1) is 13.7. The Labute approximate surface area is 174 Å². The lowest BCUT2D eigenvalue weighted by atomic mass is 9.62. The minimum absolute atomic E-state index is 0.0145. The third kappa shape index (κ3) is 2.10. The minimum atomic E-state index is 0.0145. The second kappa shape index (κ2) is 5.62. The lowest BCUT2D eigenvalue weighted by Crippen LogP contribution is -2.66. The van der Waals surface area contributed by atoms with Gasteiger partial charge in [0.1, 0.15) is 5.54 Å². The molecule has 0 saturated heterocycles. The Morgan fingerprint density at radius 3 is 2.38 bits per heavy atom. The molecule has 1 aliphatic rings. The molecule has 150 valence electrons. The van der Waals surface area contributed by atoms with Gasteiger partial charge in [-0.3, -0.25) is 0 Å². The maximum absolute atomic E-state index is 2.67. The van der Waals surface area contributed by atoms with Crippen LogP contribution in [0.1, 0.15) is 72.4 Å². The van der Waals surface area contributed by atoms with Gasteiger partial charge in [0, 0.05) is 5.41 Å². The highest BCUT2D eigenvalue weighted by Gasteiger charge is 2.54. The lowest BCUT2D eigenvalue weighted by molar-refractivity contribution is -0.728. The van der Waals surface area contributed by atoms with E-state index in [1.165, 1.54) is 38.6 Å². The Kier molecular flexibility index (Phi) is 3.62. The third-order valence-electron chi connectivity index (χ3n) is 8.18. The van der Waals surface area contributed by atoms with Gasteiger partial charge in [-0.2, -0.15) is 4.40 Å². The summed E-state index contributed by atoms with van der Waals surface area (Å²) in [5, 5.41) is 2.78. The van der Waals surface area contributed by atoms with Crippen molar-refractivity contribution in [2.45, 2.75) is 77.7 Å². The number of benzene rings is 2. The number of nitrogens with zero attached hydrogens (tertiary/aromatic N) is 2. The summed E-state index contributed by atoms with van der Waals surface area (Å²) < 4.78 is 5.12. The number of rotatable bonds is 2. The third-order valence-corrected chi connectivity index (χ3v) is 8.18. The highest BCUT2D eigenvalue weighted by molar-refractivity contribution is 5.99. The van der Waals surface area contributed by atoms with E-state index in [9.17, 15) is 0 Å². The molecule has 2 nitrogen and oxygen atoms in total. The average Bonchev–Trinajstić information content (AvgIpc) is 3.05. The predicted molar refractivity (Wildman–Crippen MR) is 123 cm³/mol. The van der Waals surface area contributed by atoms with E-state index in [1.54, 1.807) is 0 Å². The Morgan fingerprint density at radius 1 is 0.966 bits per heavy atom. The molecule has 0 amide bonds. The van der Waals surface area contributed by atoms with Crippen LogP contribution >= 0.6 is 0 Å². The summed E-state index contributed by atoms with van der Waals surface area (Å²) in [6.45, 7) is 16.6. The van der Waals surface area contributed by atoms with Gasteiger partial charge < -0.3 is 0 Å². The van der Waals surface area contributed by atoms with Crippen LogP contribution in [0.3, 0.4) is 0 Å². The molecule has 0 N–H and O–H groups in total. The SMILES string of the molecule is CCC1(C)c2cccc3ccn4c5cc(C(C)(C)C)ccc5[n+](c4c23)C1(C)CC. The largest absolute Gasteiger partial charge is 0.295 e. The van der Waals surface area contributed by atoms with E-state index < -0.39 is 0 Å². The smallest absolute Gasteiger partial charge is 0.216 e. The monoisotopic (exact) mass is 385 g/mol. The Balaban J connectivity index is 2.08. The fourth-order valence-electron chi connectivity index (χ4n) is 5.82. The van der Waals surface area contributed by atoms with Crippen LogP contribution in [-0.4, -0.2) is 4.40 Å². The van der Waals surface area contributed by atoms with Crippen molar-refractivity contribution in [2.75, 3.05) is 0 Å². The highest BCUT2D eigenvalue weighted by atomic mass is 15.2. The summed E-state index contributed by atoms with van der Waals surface area (Å²) in [6, 6.07) is 16.3. The van der Waals surface area contributed by atoms with E-state index >= 15 is 0 Å². The average molecular weight is 386 g/mol. The Bertz CT molecular complexity index is 1290. The van der Waals surface area contributed by atoms with Crippen molar-refractivity contribution in [3.8, 4) is 0 Å². The summed E-state index contributed by atoms with van der Waals surface area (Å²) in [5.41, 5.74) is 7.16. The van der Waals surface area contributed by atoms with Crippen LogP contribution in [0.2, 0.25) is 0 Å². The first-order valence-electron chi connectivity index (χ1n) is 11.1. The number of fused-ring (bicyclic) bond motifs is 3. The zero-order valence-electron chi connectivity index (χ0n) is 18.9. The van der Waals surface area contributed by atoms with E-state index in [0.29, 0.717) is 0 Å². The molecule has 2 atom stereocenters. The van der Waals surface area contributed by atoms with Crippen LogP contribution in [0.4, 0.5) is 0 Å². The van der Waals surface area contributed by atoms with Crippen molar-refractivity contribution in [1.29, 1.82) is 0 Å². The number of pyridine rings is 1. The lowest BCUT2D eigenvalue weighted by Gasteiger charge is -2.46. The second-order valence-corrected chi connectivity index (χ2v) is 10.4. The standard InChI is InChI=1S/C27H33N2/c1-8-26(6)20-12-10-11-18-15-16-28-22-17-19(25(3,4)5)13-14-21(22)29(24(28)23(18)20)27(26,7)9-2/h10-17H,8-9H2,1-7H3/q+1. The summed E-state index contributed by atoms with van der Waals surface area (Å²) in [7, 11) is 0. The van der Waals surface area contributed by atoms with Crippen LogP contribution in [0.25, 0.3) is 27.5 Å². The number of hydrogen-bond acceptors (Lipinski definition) is 0. The van der Waals surface area contributed by atoms with Crippen molar-refractivity contribution in [1.82, 2.24) is 4.40 Å². The molecule has 0 spiro atoms. The van der Waals surface area contributed by atoms with Gasteiger partial charge in [-0.05, 0) is 59.9 Å². The fourth-order valence-corrected chi connectivity index (χ4v) is 5.82. The molecule has 0 saturated carbocycles. The molecule has 2 aromatic carbocycles. The molecule has 4 aromatic rings. The van der Waals surface area contributed by atoms with Crippen LogP contribution in [0.15, 0.2) is 48.7 Å². The zero-order valence-corrected chi connectivity index (χ0v) is 18.9. The number of imidazole rings is 1. The molecular formula is C27H33N2+. The molecule has 2 heteroatoms. The van der Waals surface area contributed by atoms with Gasteiger partial charge in [-0.1, -0.05) is 65.8 Å². The van der Waals surface area contributed by atoms with Crippen molar-refractivity contribution in [2.24, 2.45) is 0 Å². The molecule has 2 aromatic heterocycles. The first kappa shape index (κ1) is 18.7. The Hall–Kier alpha value is -2.35. The van der Waals surface area contributed by atoms with Crippen molar-refractivity contribution in [3.63, 3.8) is 0 Å². The van der Waals surface area contributed by atoms with Gasteiger partial charge in [0.25, 0.3) is 5.65 Å². The molecule has 0 aliphatic carbocycles. The van der Waals surface area contributed by atoms with Crippen LogP contribution in [0, 0.1) is 0 Å². The van der Waals surface area contributed by atoms with Crippen LogP contribution in [-0.2, 0) is 16.4 Å². The molecule has 29 heavy (non-hydrogen) atoms. The Morgan fingerprint density at radius 2 is 1.72 bits per heavy atom. The van der Waals surface area contributed by atoms with Gasteiger partial charge in [-0.25, -0.2) is 4.57 Å². The van der Waals surface area contributed by atoms with Crippen molar-refractivity contribution >= 4 is 27.5 Å². The van der Waals surface area contributed by atoms with Gasteiger partial charge in [0.05, 0.1) is 11.6 Å². The predicted octanol–water partition coefficient (Wildman–Crippen LogP) is 6.64. The second-order valence-electron chi connectivity index (χ2n) is 10.4. The molecular weight excluding hydrogens is 352 g/mol. The minimum Gasteiger partial charge on any atom is -0.216 e.